The summed E-state index contributed by atoms with van der Waals surface area (Å²) < 4.78 is 0. The number of nitrogens with one attached hydrogen (secondary N) is 2. The summed E-state index contributed by atoms with van der Waals surface area (Å²) in [6, 6.07) is 10.9. The maximum atomic E-state index is 12.2. The molecule has 1 heterocycles. The quantitative estimate of drug-likeness (QED) is 0.760. The Hall–Kier alpha value is -2.95. The van der Waals surface area contributed by atoms with Gasteiger partial charge in [0.25, 0.3) is 5.91 Å². The second kappa shape index (κ2) is 9.67. The number of pyridine rings is 1. The topological polar surface area (TPSA) is 71.1 Å². The van der Waals surface area contributed by atoms with Crippen molar-refractivity contribution < 1.29 is 9.59 Å². The normalized spacial score (nSPS) is 14.8. The average Bonchev–Trinajstić information content (AvgIpc) is 2.72. The predicted octanol–water partition coefficient (Wildman–Crippen LogP) is 4.09. The zero-order valence-electron chi connectivity index (χ0n) is 15.4. The molecule has 1 fully saturated rings. The molecule has 0 unspecified atom stereocenters. The van der Waals surface area contributed by atoms with Crippen molar-refractivity contribution in [1.82, 2.24) is 10.3 Å². The van der Waals surface area contributed by atoms with Gasteiger partial charge in [-0.15, -0.1) is 0 Å². The van der Waals surface area contributed by atoms with Crippen molar-refractivity contribution in [2.75, 3.05) is 5.32 Å². The largest absolute Gasteiger partial charge is 0.348 e. The minimum Gasteiger partial charge on any atom is -0.348 e. The first-order chi connectivity index (χ1) is 13.2. The van der Waals surface area contributed by atoms with Gasteiger partial charge in [0.2, 0.25) is 5.91 Å². The summed E-state index contributed by atoms with van der Waals surface area (Å²) in [5, 5.41) is 5.75. The first-order valence-corrected chi connectivity index (χ1v) is 9.47. The highest BCUT2D eigenvalue weighted by Gasteiger charge is 2.10. The van der Waals surface area contributed by atoms with E-state index in [2.05, 4.69) is 15.6 Å². The lowest BCUT2D eigenvalue weighted by Gasteiger charge is -2.17. The van der Waals surface area contributed by atoms with Gasteiger partial charge in [0.05, 0.1) is 5.56 Å². The zero-order chi connectivity index (χ0) is 18.9. The summed E-state index contributed by atoms with van der Waals surface area (Å²) in [4.78, 5) is 28.2. The molecule has 1 aromatic carbocycles. The number of hydrogen-bond donors (Lipinski definition) is 2. The lowest BCUT2D eigenvalue weighted by Crippen LogP contribution is -2.21. The summed E-state index contributed by atoms with van der Waals surface area (Å²) in [6.45, 7) is 0.421. The summed E-state index contributed by atoms with van der Waals surface area (Å²) in [7, 11) is 0. The fourth-order valence-electron chi connectivity index (χ4n) is 3.26. The third-order valence-corrected chi connectivity index (χ3v) is 4.74. The highest BCUT2D eigenvalue weighted by Crippen LogP contribution is 2.24. The Bertz CT molecular complexity index is 796. The SMILES string of the molecule is O=C(/C=C/C1CCCCC1)NCc1cccc(NC(=O)c2cccnc2)c1. The van der Waals surface area contributed by atoms with Gasteiger partial charge in [-0.25, -0.2) is 0 Å². The van der Waals surface area contributed by atoms with Crippen molar-refractivity contribution in [3.8, 4) is 0 Å². The van der Waals surface area contributed by atoms with Gasteiger partial charge in [-0.05, 0) is 54.7 Å². The molecule has 0 saturated heterocycles. The molecule has 2 aromatic rings. The maximum Gasteiger partial charge on any atom is 0.257 e. The van der Waals surface area contributed by atoms with Crippen molar-refractivity contribution in [2.45, 2.75) is 38.6 Å². The molecule has 0 spiro atoms. The van der Waals surface area contributed by atoms with E-state index in [9.17, 15) is 9.59 Å². The van der Waals surface area contributed by atoms with Crippen LogP contribution in [0, 0.1) is 5.92 Å². The van der Waals surface area contributed by atoms with E-state index >= 15 is 0 Å². The fraction of sp³-hybridized carbons (Fsp3) is 0.318. The fourth-order valence-corrected chi connectivity index (χ4v) is 3.26. The van der Waals surface area contributed by atoms with E-state index in [1.165, 1.54) is 38.3 Å². The Kier molecular flexibility index (Phi) is 6.74. The number of aromatic nitrogens is 1. The minimum absolute atomic E-state index is 0.0784. The number of anilines is 1. The Labute approximate surface area is 159 Å². The van der Waals surface area contributed by atoms with Gasteiger partial charge in [-0.1, -0.05) is 37.5 Å². The first-order valence-electron chi connectivity index (χ1n) is 9.47. The van der Waals surface area contributed by atoms with E-state index in [4.69, 9.17) is 0 Å². The number of rotatable bonds is 6. The first kappa shape index (κ1) is 18.8. The van der Waals surface area contributed by atoms with Crippen molar-refractivity contribution in [3.05, 3.63) is 72.1 Å². The van der Waals surface area contributed by atoms with Crippen LogP contribution in [0.1, 0.15) is 48.0 Å². The highest BCUT2D eigenvalue weighted by molar-refractivity contribution is 6.04. The molecule has 140 valence electrons. The van der Waals surface area contributed by atoms with E-state index in [-0.39, 0.29) is 11.8 Å². The van der Waals surface area contributed by atoms with Crippen LogP contribution in [0.2, 0.25) is 0 Å². The zero-order valence-corrected chi connectivity index (χ0v) is 15.4. The molecule has 5 heteroatoms. The third kappa shape index (κ3) is 6.06. The average molecular weight is 363 g/mol. The molecular weight excluding hydrogens is 338 g/mol. The molecular formula is C22H25N3O2. The van der Waals surface area contributed by atoms with Gasteiger partial charge in [0.15, 0.2) is 0 Å². The van der Waals surface area contributed by atoms with E-state index in [0.717, 1.165) is 5.56 Å². The van der Waals surface area contributed by atoms with Crippen molar-refractivity contribution in [1.29, 1.82) is 0 Å². The van der Waals surface area contributed by atoms with E-state index < -0.39 is 0 Å². The van der Waals surface area contributed by atoms with Gasteiger partial charge < -0.3 is 10.6 Å². The predicted molar refractivity (Wildman–Crippen MR) is 106 cm³/mol. The van der Waals surface area contributed by atoms with Crippen molar-refractivity contribution >= 4 is 17.5 Å². The Morgan fingerprint density at radius 2 is 1.96 bits per heavy atom. The number of nitrogens with zero attached hydrogens (tertiary/aromatic N) is 1. The van der Waals surface area contributed by atoms with E-state index in [1.807, 2.05) is 30.3 Å². The molecule has 3 rings (SSSR count). The van der Waals surface area contributed by atoms with Gasteiger partial charge in [0, 0.05) is 24.6 Å². The van der Waals surface area contributed by atoms with E-state index in [0.29, 0.717) is 23.7 Å². The molecule has 1 saturated carbocycles. The molecule has 2 N–H and O–H groups in total. The molecule has 2 amide bonds. The Morgan fingerprint density at radius 3 is 2.74 bits per heavy atom. The molecule has 27 heavy (non-hydrogen) atoms. The number of hydrogen-bond acceptors (Lipinski definition) is 3. The van der Waals surface area contributed by atoms with Crippen LogP contribution in [0.25, 0.3) is 0 Å². The molecule has 5 nitrogen and oxygen atoms in total. The summed E-state index contributed by atoms with van der Waals surface area (Å²) in [6.07, 6.45) is 13.0. The number of amides is 2. The highest BCUT2D eigenvalue weighted by atomic mass is 16.2. The van der Waals surface area contributed by atoms with Crippen LogP contribution < -0.4 is 10.6 Å². The summed E-state index contributed by atoms with van der Waals surface area (Å²) in [5.41, 5.74) is 2.12. The van der Waals surface area contributed by atoms with Crippen LogP contribution in [-0.4, -0.2) is 16.8 Å². The van der Waals surface area contributed by atoms with Crippen LogP contribution in [0.3, 0.4) is 0 Å². The molecule has 0 atom stereocenters. The molecule has 1 aliphatic carbocycles. The Balaban J connectivity index is 1.50. The van der Waals surface area contributed by atoms with Gasteiger partial charge >= 0.3 is 0 Å². The second-order valence-corrected chi connectivity index (χ2v) is 6.87. The number of carbonyl (C=O) groups is 2. The van der Waals surface area contributed by atoms with Crippen LogP contribution in [0.4, 0.5) is 5.69 Å². The third-order valence-electron chi connectivity index (χ3n) is 4.74. The molecule has 0 bridgehead atoms. The van der Waals surface area contributed by atoms with Gasteiger partial charge in [-0.3, -0.25) is 14.6 Å². The number of carbonyl (C=O) groups excluding carboxylic acids is 2. The second-order valence-electron chi connectivity index (χ2n) is 6.87. The molecule has 1 aromatic heterocycles. The minimum atomic E-state index is -0.209. The van der Waals surface area contributed by atoms with Crippen LogP contribution in [0.15, 0.2) is 60.9 Å². The smallest absolute Gasteiger partial charge is 0.257 e. The molecule has 0 radical (unpaired) electrons. The molecule has 1 aliphatic rings. The number of benzene rings is 1. The monoisotopic (exact) mass is 363 g/mol. The number of allylic oxidation sites excluding steroid dienone is 1. The lowest BCUT2D eigenvalue weighted by atomic mass is 9.89. The van der Waals surface area contributed by atoms with Crippen LogP contribution >= 0.6 is 0 Å². The van der Waals surface area contributed by atoms with Crippen LogP contribution in [-0.2, 0) is 11.3 Å². The Morgan fingerprint density at radius 1 is 1.11 bits per heavy atom. The standard InChI is InChI=1S/C22H25N3O2/c26-21(12-11-17-6-2-1-3-7-17)24-15-18-8-4-10-20(14-18)25-22(27)19-9-5-13-23-16-19/h4-5,8-14,16-17H,1-3,6-7,15H2,(H,24,26)(H,25,27)/b12-11+. The lowest BCUT2D eigenvalue weighted by molar-refractivity contribution is -0.116. The van der Waals surface area contributed by atoms with Gasteiger partial charge in [0.1, 0.15) is 0 Å². The molecule has 0 aliphatic heterocycles. The van der Waals surface area contributed by atoms with E-state index in [1.54, 1.807) is 24.4 Å². The summed E-state index contributed by atoms with van der Waals surface area (Å²) >= 11 is 0. The summed E-state index contributed by atoms with van der Waals surface area (Å²) in [5.74, 6) is 0.251. The van der Waals surface area contributed by atoms with Crippen molar-refractivity contribution in [2.24, 2.45) is 5.92 Å². The van der Waals surface area contributed by atoms with Crippen LogP contribution in [0.5, 0.6) is 0 Å². The van der Waals surface area contributed by atoms with Crippen molar-refractivity contribution in [3.63, 3.8) is 0 Å². The van der Waals surface area contributed by atoms with Gasteiger partial charge in [-0.2, -0.15) is 0 Å². The maximum absolute atomic E-state index is 12.2.